The average molecular weight is 280 g/mol. The number of carbonyl (C=O) groups excluding carboxylic acids is 1. The van der Waals surface area contributed by atoms with Gasteiger partial charge in [0.1, 0.15) is 11.6 Å². The Morgan fingerprint density at radius 2 is 2.26 bits per heavy atom. The van der Waals surface area contributed by atoms with Crippen molar-refractivity contribution in [2.75, 3.05) is 26.9 Å². The van der Waals surface area contributed by atoms with Crippen LogP contribution in [0.3, 0.4) is 0 Å². The summed E-state index contributed by atoms with van der Waals surface area (Å²) in [6.45, 7) is 1.40. The number of benzene rings is 1. The number of aromatic nitrogens is 1. The van der Waals surface area contributed by atoms with Crippen LogP contribution in [-0.4, -0.2) is 37.8 Å². The van der Waals surface area contributed by atoms with Crippen LogP contribution in [0.25, 0.3) is 10.2 Å². The Morgan fingerprint density at radius 3 is 3.05 bits per heavy atom. The van der Waals surface area contributed by atoms with Gasteiger partial charge in [-0.3, -0.25) is 4.79 Å². The predicted molar refractivity (Wildman–Crippen MR) is 74.2 cm³/mol. The molecule has 1 aromatic carbocycles. The molecule has 0 unspecified atom stereocenters. The summed E-state index contributed by atoms with van der Waals surface area (Å²) in [6, 6.07) is 7.92. The number of ether oxygens (including phenoxy) is 2. The van der Waals surface area contributed by atoms with Gasteiger partial charge in [-0.1, -0.05) is 12.1 Å². The number of amides is 1. The first-order valence-corrected chi connectivity index (χ1v) is 6.79. The normalized spacial score (nSPS) is 10.8. The molecule has 0 aliphatic rings. The smallest absolute Gasteiger partial charge is 0.246 e. The molecule has 0 aliphatic carbocycles. The van der Waals surface area contributed by atoms with E-state index in [0.717, 1.165) is 15.2 Å². The van der Waals surface area contributed by atoms with E-state index in [1.807, 2.05) is 24.3 Å². The summed E-state index contributed by atoms with van der Waals surface area (Å²) in [5.41, 5.74) is 0.968. The van der Waals surface area contributed by atoms with Crippen molar-refractivity contribution < 1.29 is 14.3 Å². The lowest BCUT2D eigenvalue weighted by Crippen LogP contribution is -2.30. The molecule has 1 amide bonds. The van der Waals surface area contributed by atoms with E-state index in [4.69, 9.17) is 9.47 Å². The molecule has 0 spiro atoms. The number of fused-ring (bicyclic) bond motifs is 1. The van der Waals surface area contributed by atoms with Gasteiger partial charge in [0.25, 0.3) is 0 Å². The minimum absolute atomic E-state index is 0.0413. The van der Waals surface area contributed by atoms with Crippen LogP contribution in [0.1, 0.15) is 5.01 Å². The largest absolute Gasteiger partial charge is 0.383 e. The fourth-order valence-electron chi connectivity index (χ4n) is 1.56. The van der Waals surface area contributed by atoms with Crippen molar-refractivity contribution in [1.82, 2.24) is 10.3 Å². The quantitative estimate of drug-likeness (QED) is 0.782. The molecule has 0 saturated carbocycles. The summed E-state index contributed by atoms with van der Waals surface area (Å²) in [4.78, 5) is 15.8. The molecular weight excluding hydrogens is 264 g/mol. The van der Waals surface area contributed by atoms with Crippen LogP contribution in [0.5, 0.6) is 0 Å². The van der Waals surface area contributed by atoms with Crippen molar-refractivity contribution in [1.29, 1.82) is 0 Å². The number of nitrogens with zero attached hydrogens (tertiary/aromatic N) is 1. The van der Waals surface area contributed by atoms with Crippen molar-refractivity contribution in [2.45, 2.75) is 6.61 Å². The van der Waals surface area contributed by atoms with E-state index >= 15 is 0 Å². The van der Waals surface area contributed by atoms with Crippen molar-refractivity contribution >= 4 is 27.5 Å². The Morgan fingerprint density at radius 1 is 1.42 bits per heavy atom. The first kappa shape index (κ1) is 13.9. The molecule has 0 radical (unpaired) electrons. The Balaban J connectivity index is 1.74. The van der Waals surface area contributed by atoms with Crippen LogP contribution >= 0.6 is 11.3 Å². The Bertz CT molecular complexity index is 508. The van der Waals surface area contributed by atoms with E-state index < -0.39 is 0 Å². The van der Waals surface area contributed by atoms with Crippen LogP contribution in [0, 0.1) is 0 Å². The minimum atomic E-state index is -0.141. The summed E-state index contributed by atoms with van der Waals surface area (Å²) < 4.78 is 11.3. The molecule has 6 heteroatoms. The van der Waals surface area contributed by atoms with Gasteiger partial charge >= 0.3 is 0 Å². The highest BCUT2D eigenvalue weighted by Gasteiger charge is 2.05. The molecule has 0 bridgehead atoms. The van der Waals surface area contributed by atoms with Gasteiger partial charge in [0.15, 0.2) is 0 Å². The third-order valence-electron chi connectivity index (χ3n) is 2.43. The zero-order valence-electron chi connectivity index (χ0n) is 10.7. The van der Waals surface area contributed by atoms with Crippen molar-refractivity contribution in [3.8, 4) is 0 Å². The zero-order valence-corrected chi connectivity index (χ0v) is 11.5. The van der Waals surface area contributed by atoms with E-state index in [9.17, 15) is 4.79 Å². The highest BCUT2D eigenvalue weighted by atomic mass is 32.1. The van der Waals surface area contributed by atoms with Gasteiger partial charge in [-0.15, -0.1) is 11.3 Å². The van der Waals surface area contributed by atoms with Crippen LogP contribution in [0.4, 0.5) is 0 Å². The molecule has 0 fully saturated rings. The molecule has 0 atom stereocenters. The molecule has 1 aromatic heterocycles. The lowest BCUT2D eigenvalue weighted by Gasteiger charge is -2.04. The van der Waals surface area contributed by atoms with E-state index in [0.29, 0.717) is 19.8 Å². The zero-order chi connectivity index (χ0) is 13.5. The topological polar surface area (TPSA) is 60.5 Å². The fourth-order valence-corrected chi connectivity index (χ4v) is 2.46. The number of methoxy groups -OCH3 is 1. The maximum Gasteiger partial charge on any atom is 0.246 e. The van der Waals surface area contributed by atoms with Gasteiger partial charge in [-0.2, -0.15) is 0 Å². The van der Waals surface area contributed by atoms with E-state index in [-0.39, 0.29) is 12.5 Å². The van der Waals surface area contributed by atoms with Crippen LogP contribution < -0.4 is 5.32 Å². The first-order valence-electron chi connectivity index (χ1n) is 5.97. The molecule has 1 N–H and O–H groups in total. The fraction of sp³-hybridized carbons (Fsp3) is 0.385. The van der Waals surface area contributed by atoms with Gasteiger partial charge in [0.2, 0.25) is 5.91 Å². The lowest BCUT2D eigenvalue weighted by atomic mass is 10.3. The number of carbonyl (C=O) groups is 1. The van der Waals surface area contributed by atoms with Gasteiger partial charge < -0.3 is 14.8 Å². The lowest BCUT2D eigenvalue weighted by molar-refractivity contribution is -0.126. The van der Waals surface area contributed by atoms with E-state index in [1.54, 1.807) is 18.4 Å². The summed E-state index contributed by atoms with van der Waals surface area (Å²) in [5, 5.41) is 3.57. The number of thiazole rings is 1. The number of hydrogen-bond acceptors (Lipinski definition) is 5. The monoisotopic (exact) mass is 280 g/mol. The first-order chi connectivity index (χ1) is 9.29. The second-order valence-corrected chi connectivity index (χ2v) is 5.03. The van der Waals surface area contributed by atoms with Crippen molar-refractivity contribution in [3.63, 3.8) is 0 Å². The third kappa shape index (κ3) is 4.27. The number of rotatable bonds is 7. The number of hydrogen-bond donors (Lipinski definition) is 1. The number of nitrogens with one attached hydrogen (secondary N) is 1. The molecule has 19 heavy (non-hydrogen) atoms. The van der Waals surface area contributed by atoms with E-state index in [2.05, 4.69) is 10.3 Å². The van der Waals surface area contributed by atoms with Crippen LogP contribution in [0.2, 0.25) is 0 Å². The van der Waals surface area contributed by atoms with Crippen molar-refractivity contribution in [3.05, 3.63) is 29.3 Å². The van der Waals surface area contributed by atoms with Gasteiger partial charge in [-0.05, 0) is 12.1 Å². The van der Waals surface area contributed by atoms with Crippen LogP contribution in [-0.2, 0) is 20.9 Å². The third-order valence-corrected chi connectivity index (χ3v) is 3.44. The summed E-state index contributed by atoms with van der Waals surface area (Å²) >= 11 is 1.58. The molecule has 2 aromatic rings. The SMILES string of the molecule is COCCNC(=O)COCc1nc2ccccc2s1. The predicted octanol–water partition coefficient (Wildman–Crippen LogP) is 1.58. The minimum Gasteiger partial charge on any atom is -0.383 e. The molecule has 5 nitrogen and oxygen atoms in total. The average Bonchev–Trinajstić information content (AvgIpc) is 2.81. The van der Waals surface area contributed by atoms with Gasteiger partial charge in [0.05, 0.1) is 23.4 Å². The second kappa shape index (κ2) is 7.18. The second-order valence-electron chi connectivity index (χ2n) is 3.91. The maximum absolute atomic E-state index is 11.4. The maximum atomic E-state index is 11.4. The highest BCUT2D eigenvalue weighted by Crippen LogP contribution is 2.21. The van der Waals surface area contributed by atoms with Crippen LogP contribution in [0.15, 0.2) is 24.3 Å². The van der Waals surface area contributed by atoms with Gasteiger partial charge in [0, 0.05) is 13.7 Å². The highest BCUT2D eigenvalue weighted by molar-refractivity contribution is 7.18. The Hall–Kier alpha value is -1.50. The Labute approximate surface area is 115 Å². The number of para-hydroxylation sites is 1. The molecule has 0 aliphatic heterocycles. The molecule has 102 valence electrons. The molecule has 1 heterocycles. The summed E-state index contributed by atoms with van der Waals surface area (Å²) in [5.74, 6) is -0.141. The van der Waals surface area contributed by atoms with E-state index in [1.165, 1.54) is 0 Å². The van der Waals surface area contributed by atoms with Crippen molar-refractivity contribution in [2.24, 2.45) is 0 Å². The summed E-state index contributed by atoms with van der Waals surface area (Å²) in [6.07, 6.45) is 0. The Kier molecular flexibility index (Phi) is 5.26. The summed E-state index contributed by atoms with van der Waals surface area (Å²) in [7, 11) is 1.59. The molecular formula is C13H16N2O3S. The van der Waals surface area contributed by atoms with Gasteiger partial charge in [-0.25, -0.2) is 4.98 Å². The standard InChI is InChI=1S/C13H16N2O3S/c1-17-7-6-14-12(16)8-18-9-13-15-10-4-2-3-5-11(10)19-13/h2-5H,6-9H2,1H3,(H,14,16). The molecule has 0 saturated heterocycles. The molecule has 2 rings (SSSR count).